The van der Waals surface area contributed by atoms with Gasteiger partial charge in [-0.3, -0.25) is 0 Å². The van der Waals surface area contributed by atoms with Crippen molar-refractivity contribution in [2.24, 2.45) is 0 Å². The number of hydrogen-bond acceptors (Lipinski definition) is 6. The average molecular weight is 255 g/mol. The predicted molar refractivity (Wildman–Crippen MR) is 63.2 cm³/mol. The first kappa shape index (κ1) is 12.1. The Morgan fingerprint density at radius 1 is 1.65 bits per heavy atom. The Bertz CT molecular complexity index is 421. The highest BCUT2D eigenvalue weighted by Crippen LogP contribution is 2.25. The molecule has 2 rings (SSSR count). The number of carboxylic acids is 1. The van der Waals surface area contributed by atoms with Crippen LogP contribution in [0, 0.1) is 0 Å². The number of hydrogen-bond donors (Lipinski definition) is 2. The second-order valence-corrected chi connectivity index (χ2v) is 4.59. The molecule has 2 heterocycles. The molecule has 2 N–H and O–H groups in total. The molecule has 6 nitrogen and oxygen atoms in total. The Hall–Kier alpha value is -1.34. The Morgan fingerprint density at radius 2 is 2.47 bits per heavy atom. The summed E-state index contributed by atoms with van der Waals surface area (Å²) in [6.45, 7) is 0.598. The maximum atomic E-state index is 11.3. The molecule has 1 aromatic heterocycles. The van der Waals surface area contributed by atoms with Gasteiger partial charge in [-0.1, -0.05) is 0 Å². The van der Waals surface area contributed by atoms with Crippen molar-refractivity contribution in [2.45, 2.75) is 17.0 Å². The summed E-state index contributed by atoms with van der Waals surface area (Å²) < 4.78 is 5.16. The van der Waals surface area contributed by atoms with Crippen molar-refractivity contribution in [1.29, 1.82) is 0 Å². The van der Waals surface area contributed by atoms with Crippen LogP contribution < -0.4 is 5.32 Å². The third-order valence-electron chi connectivity index (χ3n) is 2.65. The van der Waals surface area contributed by atoms with Crippen LogP contribution in [0.2, 0.25) is 0 Å². The molecule has 92 valence electrons. The normalized spacial score (nSPS) is 23.6. The van der Waals surface area contributed by atoms with Gasteiger partial charge in [-0.2, -0.15) is 0 Å². The van der Waals surface area contributed by atoms with Crippen LogP contribution in [0.1, 0.15) is 6.42 Å². The van der Waals surface area contributed by atoms with E-state index in [0.29, 0.717) is 18.8 Å². The molecule has 1 aromatic rings. The van der Waals surface area contributed by atoms with Crippen molar-refractivity contribution in [3.8, 4) is 0 Å². The quantitative estimate of drug-likeness (QED) is 0.609. The van der Waals surface area contributed by atoms with Gasteiger partial charge in [0.25, 0.3) is 0 Å². The minimum Gasteiger partial charge on any atom is -0.479 e. The number of nitrogens with one attached hydrogen (secondary N) is 1. The van der Waals surface area contributed by atoms with Crippen molar-refractivity contribution < 1.29 is 14.6 Å². The topological polar surface area (TPSA) is 84.3 Å². The van der Waals surface area contributed by atoms with Crippen LogP contribution in [0.25, 0.3) is 0 Å². The highest BCUT2D eigenvalue weighted by Gasteiger charge is 2.42. The van der Waals surface area contributed by atoms with Crippen LogP contribution in [-0.4, -0.2) is 46.1 Å². The fourth-order valence-corrected chi connectivity index (χ4v) is 2.03. The molecule has 0 aromatic carbocycles. The number of carboxylic acid groups (broad SMARTS) is 1. The van der Waals surface area contributed by atoms with Crippen molar-refractivity contribution in [1.82, 2.24) is 9.97 Å². The molecule has 7 heteroatoms. The molecule has 1 unspecified atom stereocenters. The monoisotopic (exact) mass is 255 g/mol. The summed E-state index contributed by atoms with van der Waals surface area (Å²) in [5, 5.41) is 13.0. The molecule has 0 aliphatic carbocycles. The number of ether oxygens (including phenoxy) is 1. The first-order chi connectivity index (χ1) is 8.16. The Kier molecular flexibility index (Phi) is 3.49. The van der Waals surface area contributed by atoms with Crippen molar-refractivity contribution in [3.63, 3.8) is 0 Å². The van der Waals surface area contributed by atoms with Crippen LogP contribution in [-0.2, 0) is 9.53 Å². The van der Waals surface area contributed by atoms with E-state index in [4.69, 9.17) is 4.74 Å². The van der Waals surface area contributed by atoms with Crippen LogP contribution in [0.4, 0.5) is 5.82 Å². The molecule has 1 aliphatic rings. The van der Waals surface area contributed by atoms with E-state index in [1.165, 1.54) is 18.1 Å². The van der Waals surface area contributed by atoms with Gasteiger partial charge in [0.2, 0.25) is 0 Å². The minimum atomic E-state index is -1.07. The third kappa shape index (κ3) is 2.50. The van der Waals surface area contributed by atoms with E-state index in [2.05, 4.69) is 15.3 Å². The van der Waals surface area contributed by atoms with Crippen LogP contribution in [0.15, 0.2) is 17.4 Å². The second kappa shape index (κ2) is 4.89. The standard InChI is InChI=1S/C10H13N3O3S/c1-17-8-4-7(11-6-12-8)13-10(9(14)15)2-3-16-5-10/h4,6H,2-3,5H2,1H3,(H,14,15)(H,11,12,13). The molecule has 1 atom stereocenters. The van der Waals surface area contributed by atoms with E-state index < -0.39 is 11.5 Å². The van der Waals surface area contributed by atoms with E-state index in [9.17, 15) is 9.90 Å². The van der Waals surface area contributed by atoms with E-state index in [0.717, 1.165) is 5.03 Å². The summed E-state index contributed by atoms with van der Waals surface area (Å²) in [5.74, 6) is -0.406. The number of rotatable bonds is 4. The van der Waals surface area contributed by atoms with Gasteiger partial charge in [0.15, 0.2) is 5.54 Å². The smallest absolute Gasteiger partial charge is 0.331 e. The van der Waals surface area contributed by atoms with Gasteiger partial charge in [0.1, 0.15) is 17.2 Å². The first-order valence-electron chi connectivity index (χ1n) is 5.12. The molecule has 17 heavy (non-hydrogen) atoms. The lowest BCUT2D eigenvalue weighted by molar-refractivity contribution is -0.142. The van der Waals surface area contributed by atoms with Crippen LogP contribution >= 0.6 is 11.8 Å². The Labute approximate surface area is 103 Å². The molecule has 0 spiro atoms. The Balaban J connectivity index is 2.20. The van der Waals surface area contributed by atoms with E-state index in [-0.39, 0.29) is 6.61 Å². The zero-order valence-electron chi connectivity index (χ0n) is 9.34. The van der Waals surface area contributed by atoms with Gasteiger partial charge in [-0.25, -0.2) is 14.8 Å². The molecular formula is C10H13N3O3S. The summed E-state index contributed by atoms with van der Waals surface area (Å²) in [5.41, 5.74) is -1.07. The average Bonchev–Trinajstić information content (AvgIpc) is 2.79. The molecule has 1 fully saturated rings. The van der Waals surface area contributed by atoms with Crippen molar-refractivity contribution >= 4 is 23.5 Å². The van der Waals surface area contributed by atoms with Crippen LogP contribution in [0.3, 0.4) is 0 Å². The molecule has 0 radical (unpaired) electrons. The van der Waals surface area contributed by atoms with Crippen molar-refractivity contribution in [3.05, 3.63) is 12.4 Å². The minimum absolute atomic E-state index is 0.154. The lowest BCUT2D eigenvalue weighted by atomic mass is 9.99. The maximum absolute atomic E-state index is 11.3. The Morgan fingerprint density at radius 3 is 3.06 bits per heavy atom. The lowest BCUT2D eigenvalue weighted by Gasteiger charge is -2.24. The van der Waals surface area contributed by atoms with Crippen molar-refractivity contribution in [2.75, 3.05) is 24.8 Å². The van der Waals surface area contributed by atoms with E-state index >= 15 is 0 Å². The number of anilines is 1. The second-order valence-electron chi connectivity index (χ2n) is 3.76. The summed E-state index contributed by atoms with van der Waals surface area (Å²) in [7, 11) is 0. The number of aromatic nitrogens is 2. The number of carbonyl (C=O) groups is 1. The van der Waals surface area contributed by atoms with Gasteiger partial charge in [-0.05, 0) is 6.26 Å². The van der Waals surface area contributed by atoms with Gasteiger partial charge in [0, 0.05) is 19.1 Å². The molecule has 0 bridgehead atoms. The molecular weight excluding hydrogens is 242 g/mol. The predicted octanol–water partition coefficient (Wildman–Crippen LogP) is 0.854. The zero-order valence-corrected chi connectivity index (χ0v) is 10.2. The fourth-order valence-electron chi connectivity index (χ4n) is 1.65. The van der Waals surface area contributed by atoms with Gasteiger partial charge in [0.05, 0.1) is 6.61 Å². The van der Waals surface area contributed by atoms with Crippen LogP contribution in [0.5, 0.6) is 0 Å². The number of aliphatic carboxylic acids is 1. The van der Waals surface area contributed by atoms with Gasteiger partial charge in [-0.15, -0.1) is 11.8 Å². The first-order valence-corrected chi connectivity index (χ1v) is 6.34. The summed E-state index contributed by atoms with van der Waals surface area (Å²) in [4.78, 5) is 19.3. The SMILES string of the molecule is CSc1cc(NC2(C(=O)O)CCOC2)ncn1. The lowest BCUT2D eigenvalue weighted by Crippen LogP contribution is -2.47. The highest BCUT2D eigenvalue weighted by atomic mass is 32.2. The summed E-state index contributed by atoms with van der Waals surface area (Å²) >= 11 is 1.48. The molecule has 0 amide bonds. The molecule has 0 saturated carbocycles. The van der Waals surface area contributed by atoms with E-state index in [1.54, 1.807) is 6.07 Å². The molecule has 1 aliphatic heterocycles. The third-order valence-corrected chi connectivity index (χ3v) is 3.29. The molecule has 1 saturated heterocycles. The number of nitrogens with zero attached hydrogens (tertiary/aromatic N) is 2. The maximum Gasteiger partial charge on any atom is 0.331 e. The highest BCUT2D eigenvalue weighted by molar-refractivity contribution is 7.98. The summed E-state index contributed by atoms with van der Waals surface area (Å²) in [6.07, 6.45) is 3.75. The van der Waals surface area contributed by atoms with Gasteiger partial charge >= 0.3 is 5.97 Å². The van der Waals surface area contributed by atoms with E-state index in [1.807, 2.05) is 6.26 Å². The zero-order chi connectivity index (χ0) is 12.3. The summed E-state index contributed by atoms with van der Waals surface area (Å²) in [6, 6.07) is 1.73. The fraction of sp³-hybridized carbons (Fsp3) is 0.500. The largest absolute Gasteiger partial charge is 0.479 e. The van der Waals surface area contributed by atoms with Gasteiger partial charge < -0.3 is 15.2 Å². The number of thioether (sulfide) groups is 1.